The summed E-state index contributed by atoms with van der Waals surface area (Å²) in [6.45, 7) is 6.15. The van der Waals surface area contributed by atoms with Crippen LogP contribution in [-0.2, 0) is 13.0 Å². The van der Waals surface area contributed by atoms with Crippen LogP contribution in [0.2, 0.25) is 0 Å². The van der Waals surface area contributed by atoms with Crippen LogP contribution in [0.5, 0.6) is 0 Å². The number of thiophene rings is 2. The average Bonchev–Trinajstić information content (AvgIpc) is 3.18. The van der Waals surface area contributed by atoms with Crippen molar-refractivity contribution in [3.05, 3.63) is 44.3 Å². The van der Waals surface area contributed by atoms with Crippen molar-refractivity contribution in [2.75, 3.05) is 13.6 Å². The Hall–Kier alpha value is -0.600. The summed E-state index contributed by atoms with van der Waals surface area (Å²) in [5.41, 5.74) is 0. The van der Waals surface area contributed by atoms with Gasteiger partial charge >= 0.3 is 0 Å². The SMILES string of the molecule is CCc1ccc(CNC(=NC)NCC(C)c2cccs2)s1.I. The lowest BCUT2D eigenvalue weighted by molar-refractivity contribution is 0.709. The molecule has 0 amide bonds. The zero-order valence-electron chi connectivity index (χ0n) is 13.3. The lowest BCUT2D eigenvalue weighted by Crippen LogP contribution is -2.38. The number of nitrogens with one attached hydrogen (secondary N) is 2. The molecule has 2 aromatic heterocycles. The first kappa shape index (κ1) is 19.4. The van der Waals surface area contributed by atoms with Gasteiger partial charge in [-0.2, -0.15) is 0 Å². The molecule has 2 aromatic rings. The van der Waals surface area contributed by atoms with Crippen molar-refractivity contribution < 1.29 is 0 Å². The quantitative estimate of drug-likeness (QED) is 0.388. The molecule has 0 fully saturated rings. The van der Waals surface area contributed by atoms with Crippen molar-refractivity contribution in [1.82, 2.24) is 10.6 Å². The zero-order chi connectivity index (χ0) is 15.1. The molecule has 22 heavy (non-hydrogen) atoms. The van der Waals surface area contributed by atoms with Gasteiger partial charge in [-0.3, -0.25) is 4.99 Å². The van der Waals surface area contributed by atoms with Gasteiger partial charge in [-0.25, -0.2) is 0 Å². The first-order valence-corrected chi connectivity index (χ1v) is 8.98. The predicted octanol–water partition coefficient (Wildman–Crippen LogP) is 4.46. The molecule has 0 radical (unpaired) electrons. The van der Waals surface area contributed by atoms with Crippen LogP contribution in [0.15, 0.2) is 34.6 Å². The highest BCUT2D eigenvalue weighted by atomic mass is 127. The highest BCUT2D eigenvalue weighted by Crippen LogP contribution is 2.19. The number of aliphatic imine (C=N–C) groups is 1. The standard InChI is InChI=1S/C16H23N3S2.HI/c1-4-13-7-8-14(21-13)11-19-16(17-3)18-10-12(2)15-6-5-9-20-15;/h5-9,12H,4,10-11H2,1-3H3,(H2,17,18,19);1H. The van der Waals surface area contributed by atoms with Crippen LogP contribution in [0.1, 0.15) is 34.4 Å². The molecule has 0 aromatic carbocycles. The summed E-state index contributed by atoms with van der Waals surface area (Å²) in [6.07, 6.45) is 1.11. The van der Waals surface area contributed by atoms with Gasteiger partial charge in [0.15, 0.2) is 5.96 Å². The maximum Gasteiger partial charge on any atom is 0.191 e. The van der Waals surface area contributed by atoms with E-state index >= 15 is 0 Å². The number of nitrogens with zero attached hydrogens (tertiary/aromatic N) is 1. The predicted molar refractivity (Wildman–Crippen MR) is 110 cm³/mol. The monoisotopic (exact) mass is 449 g/mol. The molecule has 2 heterocycles. The molecule has 0 saturated carbocycles. The van der Waals surface area contributed by atoms with Crippen molar-refractivity contribution in [2.24, 2.45) is 4.99 Å². The van der Waals surface area contributed by atoms with E-state index in [1.807, 2.05) is 29.7 Å². The van der Waals surface area contributed by atoms with Crippen molar-refractivity contribution in [2.45, 2.75) is 32.7 Å². The van der Waals surface area contributed by atoms with E-state index in [9.17, 15) is 0 Å². The molecule has 0 saturated heterocycles. The summed E-state index contributed by atoms with van der Waals surface area (Å²) in [4.78, 5) is 8.47. The van der Waals surface area contributed by atoms with Crippen LogP contribution in [0.4, 0.5) is 0 Å². The maximum atomic E-state index is 4.29. The van der Waals surface area contributed by atoms with Crippen molar-refractivity contribution in [1.29, 1.82) is 0 Å². The van der Waals surface area contributed by atoms with Crippen LogP contribution >= 0.6 is 46.7 Å². The molecule has 0 bridgehead atoms. The largest absolute Gasteiger partial charge is 0.356 e. The minimum atomic E-state index is 0. The second kappa shape index (κ2) is 10.2. The molecule has 0 aliphatic rings. The van der Waals surface area contributed by atoms with Crippen LogP contribution in [0.3, 0.4) is 0 Å². The van der Waals surface area contributed by atoms with Crippen molar-refractivity contribution >= 4 is 52.6 Å². The molecule has 0 spiro atoms. The second-order valence-corrected chi connectivity index (χ2v) is 7.18. The lowest BCUT2D eigenvalue weighted by atomic mass is 10.1. The molecule has 2 N–H and O–H groups in total. The van der Waals surface area contributed by atoms with Gasteiger partial charge in [0.2, 0.25) is 0 Å². The van der Waals surface area contributed by atoms with Crippen LogP contribution in [0, 0.1) is 0 Å². The van der Waals surface area contributed by atoms with E-state index in [-0.39, 0.29) is 24.0 Å². The van der Waals surface area contributed by atoms with E-state index in [0.717, 1.165) is 25.5 Å². The molecular weight excluding hydrogens is 425 g/mol. The number of guanidine groups is 1. The zero-order valence-corrected chi connectivity index (χ0v) is 17.2. The third-order valence-corrected chi connectivity index (χ3v) is 5.66. The van der Waals surface area contributed by atoms with E-state index in [2.05, 4.69) is 59.1 Å². The number of hydrogen-bond acceptors (Lipinski definition) is 3. The Morgan fingerprint density at radius 1 is 1.23 bits per heavy atom. The Bertz CT molecular complexity index is 564. The Morgan fingerprint density at radius 2 is 2.00 bits per heavy atom. The van der Waals surface area contributed by atoms with Crippen LogP contribution < -0.4 is 10.6 Å². The Labute approximate surface area is 158 Å². The van der Waals surface area contributed by atoms with E-state index < -0.39 is 0 Å². The van der Waals surface area contributed by atoms with Gasteiger partial charge < -0.3 is 10.6 Å². The van der Waals surface area contributed by atoms with Gasteiger partial charge in [-0.15, -0.1) is 46.7 Å². The fourth-order valence-corrected chi connectivity index (χ4v) is 3.71. The lowest BCUT2D eigenvalue weighted by Gasteiger charge is -2.14. The summed E-state index contributed by atoms with van der Waals surface area (Å²) >= 11 is 3.67. The normalized spacial score (nSPS) is 12.6. The Kier molecular flexibility index (Phi) is 9.04. The molecule has 3 nitrogen and oxygen atoms in total. The number of aryl methyl sites for hydroxylation is 1. The number of hydrogen-bond donors (Lipinski definition) is 2. The Morgan fingerprint density at radius 3 is 2.59 bits per heavy atom. The van der Waals surface area contributed by atoms with Crippen molar-refractivity contribution in [3.8, 4) is 0 Å². The maximum absolute atomic E-state index is 4.29. The highest BCUT2D eigenvalue weighted by Gasteiger charge is 2.07. The van der Waals surface area contributed by atoms with Crippen molar-refractivity contribution in [3.63, 3.8) is 0 Å². The van der Waals surface area contributed by atoms with Gasteiger partial charge in [0.05, 0.1) is 6.54 Å². The van der Waals surface area contributed by atoms with Crippen LogP contribution in [-0.4, -0.2) is 19.6 Å². The minimum absolute atomic E-state index is 0. The molecule has 1 atom stereocenters. The fraction of sp³-hybridized carbons (Fsp3) is 0.438. The molecule has 0 aliphatic heterocycles. The summed E-state index contributed by atoms with van der Waals surface area (Å²) in [5, 5.41) is 8.90. The summed E-state index contributed by atoms with van der Waals surface area (Å²) < 4.78 is 0. The van der Waals surface area contributed by atoms with E-state index in [4.69, 9.17) is 0 Å². The van der Waals surface area contributed by atoms with E-state index in [0.29, 0.717) is 5.92 Å². The average molecular weight is 449 g/mol. The first-order chi connectivity index (χ1) is 10.2. The molecular formula is C16H24IN3S2. The summed E-state index contributed by atoms with van der Waals surface area (Å²) in [7, 11) is 1.82. The van der Waals surface area contributed by atoms with Gasteiger partial charge in [-0.05, 0) is 30.0 Å². The van der Waals surface area contributed by atoms with E-state index in [1.165, 1.54) is 14.6 Å². The van der Waals surface area contributed by atoms with Gasteiger partial charge in [0.1, 0.15) is 0 Å². The van der Waals surface area contributed by atoms with Gasteiger partial charge in [0, 0.05) is 34.1 Å². The second-order valence-electron chi connectivity index (χ2n) is 4.94. The number of halogens is 1. The molecule has 0 aliphatic carbocycles. The third-order valence-electron chi connectivity index (χ3n) is 3.32. The van der Waals surface area contributed by atoms with Gasteiger partial charge in [0.25, 0.3) is 0 Å². The molecule has 1 unspecified atom stereocenters. The van der Waals surface area contributed by atoms with Crippen LogP contribution in [0.25, 0.3) is 0 Å². The third kappa shape index (κ3) is 5.89. The minimum Gasteiger partial charge on any atom is -0.356 e. The fourth-order valence-electron chi connectivity index (χ4n) is 2.02. The summed E-state index contributed by atoms with van der Waals surface area (Å²) in [5.74, 6) is 1.36. The highest BCUT2D eigenvalue weighted by molar-refractivity contribution is 14.0. The first-order valence-electron chi connectivity index (χ1n) is 7.28. The Balaban J connectivity index is 0.00000242. The van der Waals surface area contributed by atoms with Gasteiger partial charge in [-0.1, -0.05) is 19.9 Å². The molecule has 122 valence electrons. The topological polar surface area (TPSA) is 36.4 Å². The summed E-state index contributed by atoms with van der Waals surface area (Å²) in [6, 6.07) is 8.69. The number of rotatable bonds is 6. The molecule has 6 heteroatoms. The smallest absolute Gasteiger partial charge is 0.191 e. The van der Waals surface area contributed by atoms with E-state index in [1.54, 1.807) is 0 Å². The molecule has 2 rings (SSSR count).